The normalized spacial score (nSPS) is 13.4. The third kappa shape index (κ3) is 2.25. The molecule has 1 atom stereocenters. The van der Waals surface area contributed by atoms with E-state index in [1.807, 2.05) is 18.2 Å². The van der Waals surface area contributed by atoms with Crippen molar-refractivity contribution in [1.82, 2.24) is 14.9 Å². The van der Waals surface area contributed by atoms with Gasteiger partial charge in [-0.1, -0.05) is 24.6 Å². The zero-order valence-corrected chi connectivity index (χ0v) is 12.1. The summed E-state index contributed by atoms with van der Waals surface area (Å²) in [7, 11) is 0. The lowest BCUT2D eigenvalue weighted by Crippen LogP contribution is -2.22. The molecule has 0 aliphatic rings. The number of imidazole rings is 1. The monoisotopic (exact) mass is 265 g/mol. The van der Waals surface area contributed by atoms with Gasteiger partial charge in [-0.15, -0.1) is 0 Å². The Morgan fingerprint density at radius 2 is 2.06 bits per heavy atom. The number of halogens is 1. The van der Waals surface area contributed by atoms with E-state index in [0.29, 0.717) is 6.04 Å². The summed E-state index contributed by atoms with van der Waals surface area (Å²) in [5, 5.41) is 4.18. The van der Waals surface area contributed by atoms with Crippen molar-refractivity contribution in [2.24, 2.45) is 0 Å². The molecule has 1 unspecified atom stereocenters. The van der Waals surface area contributed by atoms with E-state index >= 15 is 0 Å². The van der Waals surface area contributed by atoms with Crippen LogP contribution in [-0.2, 0) is 0 Å². The van der Waals surface area contributed by atoms with Gasteiger partial charge < -0.3 is 9.88 Å². The van der Waals surface area contributed by atoms with Gasteiger partial charge in [0.2, 0.25) is 0 Å². The summed E-state index contributed by atoms with van der Waals surface area (Å²) in [5.74, 6) is 1.05. The van der Waals surface area contributed by atoms with Crippen LogP contribution in [0.4, 0.5) is 0 Å². The van der Waals surface area contributed by atoms with Crippen molar-refractivity contribution in [2.75, 3.05) is 6.54 Å². The van der Waals surface area contributed by atoms with Crippen molar-refractivity contribution < 1.29 is 0 Å². The SMILES string of the molecule is CCNC(C)c1nc2cccc(Cl)c2n1C(C)C. The summed E-state index contributed by atoms with van der Waals surface area (Å²) in [5.41, 5.74) is 2.00. The number of nitrogens with one attached hydrogen (secondary N) is 1. The summed E-state index contributed by atoms with van der Waals surface area (Å²) in [6.45, 7) is 9.48. The number of benzene rings is 1. The van der Waals surface area contributed by atoms with Gasteiger partial charge in [0.1, 0.15) is 5.82 Å². The zero-order valence-electron chi connectivity index (χ0n) is 11.4. The summed E-state index contributed by atoms with van der Waals surface area (Å²) in [6, 6.07) is 6.45. The molecule has 0 radical (unpaired) electrons. The average molecular weight is 266 g/mol. The molecule has 98 valence electrons. The van der Waals surface area contributed by atoms with Gasteiger partial charge in [0.25, 0.3) is 0 Å². The van der Waals surface area contributed by atoms with Crippen LogP contribution in [0.15, 0.2) is 18.2 Å². The predicted molar refractivity (Wildman–Crippen MR) is 77.2 cm³/mol. The number of nitrogens with zero attached hydrogens (tertiary/aromatic N) is 2. The molecule has 0 saturated carbocycles. The van der Waals surface area contributed by atoms with Crippen LogP contribution in [0.25, 0.3) is 11.0 Å². The number of hydrogen-bond acceptors (Lipinski definition) is 2. The van der Waals surface area contributed by atoms with Gasteiger partial charge in [-0.3, -0.25) is 0 Å². The van der Waals surface area contributed by atoms with E-state index in [0.717, 1.165) is 28.4 Å². The average Bonchev–Trinajstić information content (AvgIpc) is 2.70. The first-order chi connectivity index (χ1) is 8.56. The van der Waals surface area contributed by atoms with Gasteiger partial charge >= 0.3 is 0 Å². The van der Waals surface area contributed by atoms with E-state index in [4.69, 9.17) is 16.6 Å². The fourth-order valence-corrected chi connectivity index (χ4v) is 2.61. The standard InChI is InChI=1S/C14H20ClN3/c1-5-16-10(4)14-17-12-8-6-7-11(15)13(12)18(14)9(2)3/h6-10,16H,5H2,1-4H3. The van der Waals surface area contributed by atoms with Crippen LogP contribution in [-0.4, -0.2) is 16.1 Å². The number of hydrogen-bond donors (Lipinski definition) is 1. The lowest BCUT2D eigenvalue weighted by Gasteiger charge is -2.18. The molecule has 4 heteroatoms. The Bertz CT molecular complexity index is 545. The zero-order chi connectivity index (χ0) is 13.3. The molecule has 0 aliphatic carbocycles. The van der Waals surface area contributed by atoms with Crippen molar-refractivity contribution in [1.29, 1.82) is 0 Å². The van der Waals surface area contributed by atoms with Crippen molar-refractivity contribution >= 4 is 22.6 Å². The third-order valence-electron chi connectivity index (χ3n) is 3.10. The number of rotatable bonds is 4. The maximum absolute atomic E-state index is 6.32. The molecule has 1 heterocycles. The summed E-state index contributed by atoms with van der Waals surface area (Å²) < 4.78 is 2.23. The minimum absolute atomic E-state index is 0.223. The molecule has 0 aliphatic heterocycles. The molecule has 2 rings (SSSR count). The Labute approximate surface area is 113 Å². The Hall–Kier alpha value is -1.06. The summed E-state index contributed by atoms with van der Waals surface area (Å²) in [6.07, 6.45) is 0. The molecule has 0 amide bonds. The molecule has 2 aromatic rings. The van der Waals surface area contributed by atoms with Gasteiger partial charge in [0.15, 0.2) is 0 Å². The topological polar surface area (TPSA) is 29.9 Å². The Morgan fingerprint density at radius 1 is 1.33 bits per heavy atom. The fraction of sp³-hybridized carbons (Fsp3) is 0.500. The molecule has 1 aromatic heterocycles. The van der Waals surface area contributed by atoms with E-state index in [1.54, 1.807) is 0 Å². The lowest BCUT2D eigenvalue weighted by molar-refractivity contribution is 0.502. The minimum Gasteiger partial charge on any atom is -0.323 e. The quantitative estimate of drug-likeness (QED) is 0.907. The fourth-order valence-electron chi connectivity index (χ4n) is 2.35. The summed E-state index contributed by atoms with van der Waals surface area (Å²) >= 11 is 6.32. The molecule has 1 N–H and O–H groups in total. The van der Waals surface area contributed by atoms with Gasteiger partial charge in [0.05, 0.1) is 22.1 Å². The first-order valence-corrected chi connectivity index (χ1v) is 6.83. The third-order valence-corrected chi connectivity index (χ3v) is 3.41. The Kier molecular flexibility index (Phi) is 3.93. The van der Waals surface area contributed by atoms with Crippen LogP contribution in [0.1, 0.15) is 45.6 Å². The van der Waals surface area contributed by atoms with Gasteiger partial charge in [0, 0.05) is 6.04 Å². The van der Waals surface area contributed by atoms with Crippen LogP contribution in [0, 0.1) is 0 Å². The Morgan fingerprint density at radius 3 is 2.67 bits per heavy atom. The van der Waals surface area contributed by atoms with Gasteiger partial charge in [-0.05, 0) is 39.4 Å². The number of aromatic nitrogens is 2. The van der Waals surface area contributed by atoms with Crippen LogP contribution < -0.4 is 5.32 Å². The second-order valence-corrected chi connectivity index (χ2v) is 5.23. The van der Waals surface area contributed by atoms with Crippen molar-refractivity contribution in [3.05, 3.63) is 29.0 Å². The van der Waals surface area contributed by atoms with Crippen LogP contribution >= 0.6 is 11.6 Å². The Balaban J connectivity index is 2.66. The number of fused-ring (bicyclic) bond motifs is 1. The highest BCUT2D eigenvalue weighted by Crippen LogP contribution is 2.29. The molecular weight excluding hydrogens is 246 g/mol. The van der Waals surface area contributed by atoms with Gasteiger partial charge in [-0.25, -0.2) is 4.98 Å². The van der Waals surface area contributed by atoms with Crippen molar-refractivity contribution in [3.63, 3.8) is 0 Å². The largest absolute Gasteiger partial charge is 0.323 e. The molecule has 0 fully saturated rings. The highest BCUT2D eigenvalue weighted by Gasteiger charge is 2.19. The second-order valence-electron chi connectivity index (χ2n) is 4.82. The van der Waals surface area contributed by atoms with E-state index in [9.17, 15) is 0 Å². The van der Waals surface area contributed by atoms with Crippen LogP contribution in [0.2, 0.25) is 5.02 Å². The van der Waals surface area contributed by atoms with E-state index in [2.05, 4.69) is 37.6 Å². The maximum atomic E-state index is 6.32. The second kappa shape index (κ2) is 5.29. The predicted octanol–water partition coefficient (Wildman–Crippen LogP) is 3.94. The van der Waals surface area contributed by atoms with Crippen LogP contribution in [0.5, 0.6) is 0 Å². The maximum Gasteiger partial charge on any atom is 0.127 e. The van der Waals surface area contributed by atoms with E-state index in [-0.39, 0.29) is 6.04 Å². The summed E-state index contributed by atoms with van der Waals surface area (Å²) in [4.78, 5) is 4.73. The van der Waals surface area contributed by atoms with Crippen molar-refractivity contribution in [3.8, 4) is 0 Å². The highest BCUT2D eigenvalue weighted by molar-refractivity contribution is 6.35. The molecule has 18 heavy (non-hydrogen) atoms. The first kappa shape index (κ1) is 13.4. The van der Waals surface area contributed by atoms with Gasteiger partial charge in [-0.2, -0.15) is 0 Å². The molecule has 0 saturated heterocycles. The molecule has 0 bridgehead atoms. The van der Waals surface area contributed by atoms with E-state index < -0.39 is 0 Å². The first-order valence-electron chi connectivity index (χ1n) is 6.46. The number of para-hydroxylation sites is 1. The lowest BCUT2D eigenvalue weighted by atomic mass is 10.2. The minimum atomic E-state index is 0.223. The molecule has 0 spiro atoms. The van der Waals surface area contributed by atoms with E-state index in [1.165, 1.54) is 0 Å². The molecule has 3 nitrogen and oxygen atoms in total. The highest BCUT2D eigenvalue weighted by atomic mass is 35.5. The van der Waals surface area contributed by atoms with Crippen molar-refractivity contribution in [2.45, 2.75) is 39.8 Å². The molecule has 1 aromatic carbocycles. The van der Waals surface area contributed by atoms with Crippen LogP contribution in [0.3, 0.4) is 0 Å². The smallest absolute Gasteiger partial charge is 0.127 e. The molecular formula is C14H20ClN3.